The Labute approximate surface area is 144 Å². The smallest absolute Gasteiger partial charge is 0.277 e. The largest absolute Gasteiger partial charge is 0.414 e. The molecule has 1 N–H and O–H groups in total. The predicted molar refractivity (Wildman–Crippen MR) is 88.3 cm³/mol. The van der Waals surface area contributed by atoms with Gasteiger partial charge in [0.15, 0.2) is 0 Å². The molecule has 1 fully saturated rings. The van der Waals surface area contributed by atoms with Gasteiger partial charge >= 0.3 is 0 Å². The zero-order valence-electron chi connectivity index (χ0n) is 13.9. The van der Waals surface area contributed by atoms with E-state index in [0.717, 1.165) is 12.8 Å². The van der Waals surface area contributed by atoms with Gasteiger partial charge in [0.05, 0.1) is 5.25 Å². The minimum Gasteiger partial charge on any atom is -0.414 e. The lowest BCUT2D eigenvalue weighted by molar-refractivity contribution is -0.121. The van der Waals surface area contributed by atoms with Crippen LogP contribution >= 0.6 is 11.8 Å². The topological polar surface area (TPSA) is 98.7 Å². The van der Waals surface area contributed by atoms with E-state index in [1.54, 1.807) is 11.0 Å². The van der Waals surface area contributed by atoms with Crippen LogP contribution in [0.2, 0.25) is 0 Å². The first-order chi connectivity index (χ1) is 11.6. The molecule has 0 aromatic carbocycles. The summed E-state index contributed by atoms with van der Waals surface area (Å²) in [6, 6.07) is 0.310. The van der Waals surface area contributed by atoms with Crippen molar-refractivity contribution in [1.29, 1.82) is 0 Å². The Morgan fingerprint density at radius 1 is 1.42 bits per heavy atom. The highest BCUT2D eigenvalue weighted by Crippen LogP contribution is 2.28. The first-order valence-corrected chi connectivity index (χ1v) is 9.11. The lowest BCUT2D eigenvalue weighted by atomic mass is 10.1. The van der Waals surface area contributed by atoms with E-state index in [1.165, 1.54) is 30.9 Å². The maximum absolute atomic E-state index is 12.6. The van der Waals surface area contributed by atoms with Crippen LogP contribution in [-0.4, -0.2) is 42.2 Å². The third kappa shape index (κ3) is 4.34. The number of aromatic nitrogens is 5. The fourth-order valence-corrected chi connectivity index (χ4v) is 3.65. The van der Waals surface area contributed by atoms with E-state index < -0.39 is 0 Å². The number of carbonyl (C=O) groups is 1. The van der Waals surface area contributed by atoms with Gasteiger partial charge in [-0.15, -0.1) is 10.2 Å². The van der Waals surface area contributed by atoms with Gasteiger partial charge in [-0.1, -0.05) is 38.5 Å². The lowest BCUT2D eigenvalue weighted by Crippen LogP contribution is -2.40. The summed E-state index contributed by atoms with van der Waals surface area (Å²) in [5, 5.41) is 15.4. The molecular weight excluding hydrogens is 328 g/mol. The number of nitrogens with zero attached hydrogens (tertiary/aromatic N) is 5. The number of thioether (sulfide) groups is 1. The first kappa shape index (κ1) is 16.9. The zero-order valence-corrected chi connectivity index (χ0v) is 14.7. The van der Waals surface area contributed by atoms with E-state index in [4.69, 9.17) is 4.42 Å². The number of hydrogen-bond acceptors (Lipinski definition) is 7. The summed E-state index contributed by atoms with van der Waals surface area (Å²) >= 11 is 1.32. The van der Waals surface area contributed by atoms with Crippen molar-refractivity contribution in [2.75, 3.05) is 0 Å². The summed E-state index contributed by atoms with van der Waals surface area (Å²) in [5.41, 5.74) is 0. The maximum atomic E-state index is 12.6. The van der Waals surface area contributed by atoms with Gasteiger partial charge in [-0.2, -0.15) is 5.10 Å². The molecule has 0 radical (unpaired) electrons. The van der Waals surface area contributed by atoms with Gasteiger partial charge in [-0.3, -0.25) is 4.79 Å². The molecule has 2 aromatic rings. The molecule has 130 valence electrons. The monoisotopic (exact) mass is 350 g/mol. The molecule has 0 aliphatic heterocycles. The van der Waals surface area contributed by atoms with Crippen LogP contribution in [0.3, 0.4) is 0 Å². The van der Waals surface area contributed by atoms with Crippen molar-refractivity contribution in [2.24, 2.45) is 5.92 Å². The summed E-state index contributed by atoms with van der Waals surface area (Å²) in [4.78, 5) is 16.4. The standard InChI is InChI=1S/C15H22N6O2S/c1-10(2)13(14(22)18-11-5-3-4-6-11)24-15-20-19-12(23-15)7-21-9-16-8-17-21/h8-11,13H,3-7H2,1-2H3,(H,18,22)/t13-/m1/s1. The average molecular weight is 350 g/mol. The molecule has 1 atom stereocenters. The summed E-state index contributed by atoms with van der Waals surface area (Å²) < 4.78 is 7.24. The van der Waals surface area contributed by atoms with Crippen molar-refractivity contribution in [3.05, 3.63) is 18.5 Å². The fourth-order valence-electron chi connectivity index (χ4n) is 2.76. The van der Waals surface area contributed by atoms with E-state index in [1.807, 2.05) is 13.8 Å². The van der Waals surface area contributed by atoms with Gasteiger partial charge in [0.1, 0.15) is 19.2 Å². The molecule has 3 rings (SSSR count). The highest BCUT2D eigenvalue weighted by atomic mass is 32.2. The number of rotatable bonds is 7. The van der Waals surface area contributed by atoms with Crippen LogP contribution in [0.4, 0.5) is 0 Å². The zero-order chi connectivity index (χ0) is 16.9. The Balaban J connectivity index is 1.60. The van der Waals surface area contributed by atoms with Crippen molar-refractivity contribution < 1.29 is 9.21 Å². The van der Waals surface area contributed by atoms with Crippen LogP contribution in [0.1, 0.15) is 45.4 Å². The van der Waals surface area contributed by atoms with Crippen LogP contribution in [0, 0.1) is 5.92 Å². The van der Waals surface area contributed by atoms with E-state index >= 15 is 0 Å². The summed E-state index contributed by atoms with van der Waals surface area (Å²) in [6.07, 6.45) is 7.57. The molecule has 1 aliphatic carbocycles. The van der Waals surface area contributed by atoms with Crippen molar-refractivity contribution in [3.63, 3.8) is 0 Å². The molecule has 24 heavy (non-hydrogen) atoms. The molecule has 0 unspecified atom stereocenters. The minimum atomic E-state index is -0.245. The van der Waals surface area contributed by atoms with Crippen molar-refractivity contribution in [2.45, 2.75) is 62.6 Å². The van der Waals surface area contributed by atoms with Gasteiger partial charge in [0.25, 0.3) is 5.22 Å². The lowest BCUT2D eigenvalue weighted by Gasteiger charge is -2.20. The Morgan fingerprint density at radius 2 is 2.21 bits per heavy atom. The average Bonchev–Trinajstić information content (AvgIpc) is 3.27. The van der Waals surface area contributed by atoms with Gasteiger partial charge in [0, 0.05) is 6.04 Å². The Kier molecular flexibility index (Phi) is 5.49. The van der Waals surface area contributed by atoms with Crippen LogP contribution in [0.5, 0.6) is 0 Å². The van der Waals surface area contributed by atoms with Crippen LogP contribution in [0.15, 0.2) is 22.3 Å². The first-order valence-electron chi connectivity index (χ1n) is 8.23. The number of carbonyl (C=O) groups excluding carboxylic acids is 1. The number of hydrogen-bond donors (Lipinski definition) is 1. The van der Waals surface area contributed by atoms with E-state index in [9.17, 15) is 4.79 Å². The second-order valence-corrected chi connectivity index (χ2v) is 7.42. The van der Waals surface area contributed by atoms with E-state index in [0.29, 0.717) is 23.7 Å². The quantitative estimate of drug-likeness (QED) is 0.761. The summed E-state index contributed by atoms with van der Waals surface area (Å²) in [7, 11) is 0. The highest BCUT2D eigenvalue weighted by molar-refractivity contribution is 8.00. The molecular formula is C15H22N6O2S. The predicted octanol–water partition coefficient (Wildman–Crippen LogP) is 1.88. The van der Waals surface area contributed by atoms with Gasteiger partial charge in [-0.05, 0) is 18.8 Å². The Bertz CT molecular complexity index is 651. The third-order valence-electron chi connectivity index (χ3n) is 4.01. The molecule has 1 saturated carbocycles. The Hall–Kier alpha value is -1.90. The van der Waals surface area contributed by atoms with Crippen LogP contribution < -0.4 is 5.32 Å². The third-order valence-corrected chi connectivity index (χ3v) is 5.38. The molecule has 2 aromatic heterocycles. The van der Waals surface area contributed by atoms with Crippen molar-refractivity contribution >= 4 is 17.7 Å². The van der Waals surface area contributed by atoms with Crippen molar-refractivity contribution in [1.82, 2.24) is 30.3 Å². The van der Waals surface area contributed by atoms with Crippen LogP contribution in [-0.2, 0) is 11.3 Å². The van der Waals surface area contributed by atoms with Gasteiger partial charge < -0.3 is 9.73 Å². The molecule has 0 spiro atoms. The molecule has 8 nitrogen and oxygen atoms in total. The highest BCUT2D eigenvalue weighted by Gasteiger charge is 2.28. The molecule has 1 aliphatic rings. The summed E-state index contributed by atoms with van der Waals surface area (Å²) in [6.45, 7) is 4.42. The second-order valence-electron chi connectivity index (χ2n) is 6.33. The molecule has 9 heteroatoms. The molecule has 0 saturated heterocycles. The number of nitrogens with one attached hydrogen (secondary N) is 1. The van der Waals surface area contributed by atoms with Crippen LogP contribution in [0.25, 0.3) is 0 Å². The SMILES string of the molecule is CC(C)[C@@H](Sc1nnc(Cn2cncn2)o1)C(=O)NC1CCCC1. The molecule has 2 heterocycles. The minimum absolute atomic E-state index is 0.0536. The number of amides is 1. The summed E-state index contributed by atoms with van der Waals surface area (Å²) in [5.74, 6) is 0.668. The normalized spacial score (nSPS) is 16.6. The van der Waals surface area contributed by atoms with Crippen molar-refractivity contribution in [3.8, 4) is 0 Å². The molecule has 0 bridgehead atoms. The maximum Gasteiger partial charge on any atom is 0.277 e. The fraction of sp³-hybridized carbons (Fsp3) is 0.667. The van der Waals surface area contributed by atoms with Gasteiger partial charge in [-0.25, -0.2) is 9.67 Å². The van der Waals surface area contributed by atoms with E-state index in [-0.39, 0.29) is 17.1 Å². The second kappa shape index (κ2) is 7.78. The van der Waals surface area contributed by atoms with Gasteiger partial charge in [0.2, 0.25) is 11.8 Å². The molecule has 1 amide bonds. The van der Waals surface area contributed by atoms with E-state index in [2.05, 4.69) is 25.6 Å². The Morgan fingerprint density at radius 3 is 2.88 bits per heavy atom.